The Bertz CT molecular complexity index is 978. The van der Waals surface area contributed by atoms with E-state index in [2.05, 4.69) is 46.6 Å². The first kappa shape index (κ1) is 29.6. The Kier molecular flexibility index (Phi) is 12.8. The van der Waals surface area contributed by atoms with Crippen LogP contribution in [0.3, 0.4) is 0 Å². The van der Waals surface area contributed by atoms with Gasteiger partial charge in [-0.05, 0) is 79.4 Å². The molecule has 0 bridgehead atoms. The van der Waals surface area contributed by atoms with Crippen LogP contribution < -0.4 is 5.32 Å². The number of rotatable bonds is 7. The van der Waals surface area contributed by atoms with Crippen LogP contribution in [-0.2, 0) is 0 Å². The molecule has 34 heavy (non-hydrogen) atoms. The number of benzene rings is 3. The first-order chi connectivity index (χ1) is 15.2. The van der Waals surface area contributed by atoms with Crippen molar-refractivity contribution in [1.82, 2.24) is 4.90 Å². The van der Waals surface area contributed by atoms with E-state index in [4.69, 9.17) is 0 Å². The summed E-state index contributed by atoms with van der Waals surface area (Å²) in [6.07, 6.45) is 6.50. The van der Waals surface area contributed by atoms with Crippen LogP contribution in [0.5, 0.6) is 0 Å². The Labute approximate surface area is 213 Å². The van der Waals surface area contributed by atoms with E-state index in [1.807, 2.05) is 18.2 Å². The van der Waals surface area contributed by atoms with E-state index < -0.39 is 0 Å². The molecule has 184 valence electrons. The summed E-state index contributed by atoms with van der Waals surface area (Å²) in [7, 11) is 0. The zero-order chi connectivity index (χ0) is 21.5. The Balaban J connectivity index is 0.00000193. The third-order valence-electron chi connectivity index (χ3n) is 5.97. The molecular formula is C27H32Cl2F2N2O. The summed E-state index contributed by atoms with van der Waals surface area (Å²) in [6.45, 7) is 2.98. The molecule has 0 saturated carbocycles. The highest BCUT2D eigenvalue weighted by atomic mass is 35.5. The number of anilines is 1. The van der Waals surface area contributed by atoms with Gasteiger partial charge in [0.2, 0.25) is 0 Å². The Morgan fingerprint density at radius 1 is 0.824 bits per heavy atom. The quantitative estimate of drug-likeness (QED) is 0.392. The van der Waals surface area contributed by atoms with Gasteiger partial charge >= 0.3 is 0 Å². The summed E-state index contributed by atoms with van der Waals surface area (Å²) in [5, 5.41) is 3.57. The summed E-state index contributed by atoms with van der Waals surface area (Å²) in [6, 6.07) is 23.6. The Morgan fingerprint density at radius 3 is 1.97 bits per heavy atom. The van der Waals surface area contributed by atoms with Crippen LogP contribution in [0.4, 0.5) is 14.5 Å². The molecule has 0 radical (unpaired) electrons. The maximum Gasteiger partial charge on any atom is 0.123 e. The average molecular weight is 509 g/mol. The lowest BCUT2D eigenvalue weighted by molar-refractivity contribution is 0.188. The van der Waals surface area contributed by atoms with Crippen molar-refractivity contribution in [2.45, 2.75) is 18.9 Å². The minimum atomic E-state index is -0.249. The lowest BCUT2D eigenvalue weighted by Crippen LogP contribution is -2.37. The van der Waals surface area contributed by atoms with Gasteiger partial charge in [0.05, 0.1) is 6.04 Å². The maximum atomic E-state index is 13.5. The summed E-state index contributed by atoms with van der Waals surface area (Å²) in [4.78, 5) is 2.47. The fourth-order valence-corrected chi connectivity index (χ4v) is 4.24. The van der Waals surface area contributed by atoms with Gasteiger partial charge in [-0.3, -0.25) is 4.90 Å². The largest absolute Gasteiger partial charge is 0.412 e. The normalized spacial score (nSPS) is 15.0. The van der Waals surface area contributed by atoms with Gasteiger partial charge in [-0.25, -0.2) is 8.78 Å². The molecule has 0 aliphatic carbocycles. The highest BCUT2D eigenvalue weighted by Gasteiger charge is 2.27. The van der Waals surface area contributed by atoms with Crippen molar-refractivity contribution in [3.05, 3.63) is 108 Å². The molecule has 0 spiro atoms. The fourth-order valence-electron chi connectivity index (χ4n) is 4.24. The number of halogens is 4. The van der Waals surface area contributed by atoms with Crippen molar-refractivity contribution in [2.24, 2.45) is 5.92 Å². The second kappa shape index (κ2) is 14.7. The molecule has 1 fully saturated rings. The molecule has 1 aliphatic rings. The minimum Gasteiger partial charge on any atom is -0.412 e. The van der Waals surface area contributed by atoms with Crippen LogP contribution in [0.25, 0.3) is 6.08 Å². The topological polar surface area (TPSA) is 46.8 Å². The second-order valence-electron chi connectivity index (χ2n) is 8.13. The van der Waals surface area contributed by atoms with Gasteiger partial charge < -0.3 is 10.8 Å². The van der Waals surface area contributed by atoms with E-state index in [1.165, 1.54) is 29.8 Å². The molecule has 1 aliphatic heterocycles. The molecule has 3 nitrogen and oxygen atoms in total. The fraction of sp³-hybridized carbons (Fsp3) is 0.259. The molecule has 7 heteroatoms. The molecule has 3 N–H and O–H groups in total. The SMILES string of the molecule is Cl.Cl.Fc1ccc(NC(c2ccc(F)cc2)C2CCN(C/C=C/c3ccccc3)CC2)cc1.O. The van der Waals surface area contributed by atoms with Crippen molar-refractivity contribution >= 4 is 36.6 Å². The van der Waals surface area contributed by atoms with Gasteiger partial charge in [-0.2, -0.15) is 0 Å². The van der Waals surface area contributed by atoms with Crippen molar-refractivity contribution in [3.63, 3.8) is 0 Å². The van der Waals surface area contributed by atoms with Crippen LogP contribution in [0.15, 0.2) is 84.9 Å². The highest BCUT2D eigenvalue weighted by molar-refractivity contribution is 5.85. The van der Waals surface area contributed by atoms with Gasteiger partial charge in [-0.15, -0.1) is 24.8 Å². The summed E-state index contributed by atoms with van der Waals surface area (Å²) in [5.41, 5.74) is 3.16. The number of likely N-dealkylation sites (tertiary alicyclic amines) is 1. The predicted molar refractivity (Wildman–Crippen MR) is 142 cm³/mol. The number of piperidine rings is 1. The lowest BCUT2D eigenvalue weighted by Gasteiger charge is -2.36. The first-order valence-electron chi connectivity index (χ1n) is 10.9. The summed E-state index contributed by atoms with van der Waals surface area (Å²) in [5.74, 6) is -0.0603. The average Bonchev–Trinajstić information content (AvgIpc) is 2.81. The first-order valence-corrected chi connectivity index (χ1v) is 10.9. The van der Waals surface area contributed by atoms with Gasteiger partial charge in [0, 0.05) is 12.2 Å². The number of nitrogens with one attached hydrogen (secondary N) is 1. The Hall–Kier alpha value is -2.44. The number of nitrogens with zero attached hydrogens (tertiary/aromatic N) is 1. The second-order valence-corrected chi connectivity index (χ2v) is 8.13. The highest BCUT2D eigenvalue weighted by Crippen LogP contribution is 2.34. The minimum absolute atomic E-state index is 0. The standard InChI is InChI=1S/C27H28F2N2.2ClH.H2O/c28-24-10-8-22(9-11-24)27(30-26-14-12-25(29)13-15-26)23-16-19-31(20-17-23)18-4-7-21-5-2-1-3-6-21;;;/h1-15,23,27,30H,16-20H2;2*1H;1H2/b7-4+;;;. The predicted octanol–water partition coefficient (Wildman–Crippen LogP) is 6.56. The molecule has 1 unspecified atom stereocenters. The number of hydrogen-bond donors (Lipinski definition) is 1. The summed E-state index contributed by atoms with van der Waals surface area (Å²) >= 11 is 0. The lowest BCUT2D eigenvalue weighted by atomic mass is 9.85. The van der Waals surface area contributed by atoms with Crippen molar-refractivity contribution < 1.29 is 14.3 Å². The molecule has 1 heterocycles. The van der Waals surface area contributed by atoms with Crippen LogP contribution in [0.2, 0.25) is 0 Å². The molecule has 1 saturated heterocycles. The summed E-state index contributed by atoms with van der Waals surface area (Å²) < 4.78 is 26.8. The zero-order valence-corrected chi connectivity index (χ0v) is 20.5. The van der Waals surface area contributed by atoms with Crippen molar-refractivity contribution in [1.29, 1.82) is 0 Å². The van der Waals surface area contributed by atoms with E-state index in [9.17, 15) is 8.78 Å². The molecule has 3 aromatic rings. The maximum absolute atomic E-state index is 13.5. The molecule has 4 rings (SSSR count). The van der Waals surface area contributed by atoms with E-state index >= 15 is 0 Å². The molecule has 3 aromatic carbocycles. The van der Waals surface area contributed by atoms with Crippen molar-refractivity contribution in [3.8, 4) is 0 Å². The number of hydrogen-bond acceptors (Lipinski definition) is 2. The third-order valence-corrected chi connectivity index (χ3v) is 5.97. The smallest absolute Gasteiger partial charge is 0.123 e. The van der Waals surface area contributed by atoms with E-state index in [1.54, 1.807) is 12.1 Å². The monoisotopic (exact) mass is 508 g/mol. The van der Waals surface area contributed by atoms with Gasteiger partial charge in [0.25, 0.3) is 0 Å². The van der Waals surface area contributed by atoms with Crippen LogP contribution >= 0.6 is 24.8 Å². The van der Waals surface area contributed by atoms with Crippen LogP contribution in [0.1, 0.15) is 30.0 Å². The third kappa shape index (κ3) is 8.41. The van der Waals surface area contributed by atoms with Gasteiger partial charge in [0.15, 0.2) is 0 Å². The van der Waals surface area contributed by atoms with Crippen LogP contribution in [0, 0.1) is 17.6 Å². The van der Waals surface area contributed by atoms with Gasteiger partial charge in [0.1, 0.15) is 11.6 Å². The van der Waals surface area contributed by atoms with Gasteiger partial charge in [-0.1, -0.05) is 54.6 Å². The molecular weight excluding hydrogens is 477 g/mol. The Morgan fingerprint density at radius 2 is 1.38 bits per heavy atom. The van der Waals surface area contributed by atoms with E-state index in [0.29, 0.717) is 5.92 Å². The zero-order valence-electron chi connectivity index (χ0n) is 18.9. The molecule has 0 amide bonds. The molecule has 0 aromatic heterocycles. The van der Waals surface area contributed by atoms with Crippen molar-refractivity contribution in [2.75, 3.05) is 25.0 Å². The van der Waals surface area contributed by atoms with E-state index in [0.717, 1.165) is 43.7 Å². The molecule has 1 atom stereocenters. The van der Waals surface area contributed by atoms with Crippen LogP contribution in [-0.4, -0.2) is 30.0 Å². The van der Waals surface area contributed by atoms with E-state index in [-0.39, 0.29) is 48.0 Å².